The van der Waals surface area contributed by atoms with Gasteiger partial charge in [0.15, 0.2) is 5.75 Å². The highest BCUT2D eigenvalue weighted by molar-refractivity contribution is 7.89. The number of rotatable bonds is 5. The fourth-order valence-electron chi connectivity index (χ4n) is 3.07. The molecule has 0 spiro atoms. The van der Waals surface area contributed by atoms with E-state index in [4.69, 9.17) is 0 Å². The summed E-state index contributed by atoms with van der Waals surface area (Å²) in [5, 5.41) is 6.30. The molecule has 1 N–H and O–H groups in total. The van der Waals surface area contributed by atoms with Crippen molar-refractivity contribution >= 4 is 20.8 Å². The summed E-state index contributed by atoms with van der Waals surface area (Å²) in [6, 6.07) is 12.6. The number of alkyl halides is 3. The van der Waals surface area contributed by atoms with E-state index in [2.05, 4.69) is 9.82 Å². The van der Waals surface area contributed by atoms with E-state index in [1.54, 1.807) is 11.6 Å². The maximum absolute atomic E-state index is 12.4. The van der Waals surface area contributed by atoms with Crippen LogP contribution in [-0.4, -0.2) is 30.1 Å². The average molecular weight is 397 g/mol. The molecule has 2 aromatic carbocycles. The van der Waals surface area contributed by atoms with Crippen molar-refractivity contribution < 1.29 is 21.6 Å². The molecule has 0 radical (unpaired) electrons. The van der Waals surface area contributed by atoms with Crippen molar-refractivity contribution in [1.29, 1.82) is 0 Å². The summed E-state index contributed by atoms with van der Waals surface area (Å²) in [4.78, 5) is 0. The molecule has 3 rings (SSSR count). The van der Waals surface area contributed by atoms with Gasteiger partial charge in [-0.05, 0) is 25.3 Å². The van der Waals surface area contributed by atoms with Gasteiger partial charge in [0.1, 0.15) is 0 Å². The molecule has 0 saturated carbocycles. The largest absolute Gasteiger partial charge is 0.404 e. The van der Waals surface area contributed by atoms with E-state index in [9.17, 15) is 21.6 Å². The Balaban J connectivity index is 1.93. The second-order valence-corrected chi connectivity index (χ2v) is 8.06. The van der Waals surface area contributed by atoms with Crippen LogP contribution in [0.2, 0.25) is 0 Å². The van der Waals surface area contributed by atoms with Crippen LogP contribution in [0.4, 0.5) is 13.2 Å². The van der Waals surface area contributed by atoms with Crippen LogP contribution in [0.1, 0.15) is 24.2 Å². The van der Waals surface area contributed by atoms with Gasteiger partial charge >= 0.3 is 6.18 Å². The van der Waals surface area contributed by atoms with E-state index in [0.717, 1.165) is 16.5 Å². The lowest BCUT2D eigenvalue weighted by molar-refractivity contribution is -0.106. The van der Waals surface area contributed by atoms with Crippen molar-refractivity contribution in [1.82, 2.24) is 14.5 Å². The van der Waals surface area contributed by atoms with E-state index in [1.807, 2.05) is 42.5 Å². The van der Waals surface area contributed by atoms with Gasteiger partial charge in [-0.2, -0.15) is 18.3 Å². The first-order valence-corrected chi connectivity index (χ1v) is 9.82. The first-order valence-electron chi connectivity index (χ1n) is 8.17. The van der Waals surface area contributed by atoms with Crippen LogP contribution in [0.25, 0.3) is 16.5 Å². The van der Waals surface area contributed by atoms with E-state index in [-0.39, 0.29) is 0 Å². The quantitative estimate of drug-likeness (QED) is 0.711. The summed E-state index contributed by atoms with van der Waals surface area (Å²) in [5.74, 6) is -1.92. The molecule has 3 aromatic rings. The van der Waals surface area contributed by atoms with Gasteiger partial charge in [-0.1, -0.05) is 36.4 Å². The average Bonchev–Trinajstić information content (AvgIpc) is 2.93. The zero-order valence-electron chi connectivity index (χ0n) is 14.7. The predicted octanol–water partition coefficient (Wildman–Crippen LogP) is 3.88. The van der Waals surface area contributed by atoms with Gasteiger partial charge in [-0.3, -0.25) is 0 Å². The van der Waals surface area contributed by atoms with Crippen LogP contribution in [0.3, 0.4) is 0 Å². The van der Waals surface area contributed by atoms with Crippen LogP contribution in [0.15, 0.2) is 48.7 Å². The Morgan fingerprint density at radius 3 is 2.52 bits per heavy atom. The fourth-order valence-corrected chi connectivity index (χ4v) is 4.25. The van der Waals surface area contributed by atoms with Crippen LogP contribution in [0, 0.1) is 6.92 Å². The maximum atomic E-state index is 12.4. The van der Waals surface area contributed by atoms with E-state index >= 15 is 0 Å². The minimum atomic E-state index is -4.80. The molecule has 0 fully saturated rings. The number of hydrogen-bond donors (Lipinski definition) is 1. The van der Waals surface area contributed by atoms with Gasteiger partial charge in [0.25, 0.3) is 0 Å². The van der Waals surface area contributed by atoms with Gasteiger partial charge in [-0.25, -0.2) is 17.8 Å². The smallest absolute Gasteiger partial charge is 0.237 e. The molecule has 0 amide bonds. The normalized spacial score (nSPS) is 13.8. The Bertz CT molecular complexity index is 1070. The zero-order valence-corrected chi connectivity index (χ0v) is 15.5. The summed E-state index contributed by atoms with van der Waals surface area (Å²) in [7, 11) is -4.51. The minimum Gasteiger partial charge on any atom is -0.237 e. The van der Waals surface area contributed by atoms with Crippen LogP contribution in [0.5, 0.6) is 0 Å². The number of halogens is 3. The molecule has 1 atom stereocenters. The van der Waals surface area contributed by atoms with Crippen LogP contribution >= 0.6 is 0 Å². The summed E-state index contributed by atoms with van der Waals surface area (Å²) in [6.45, 7) is 3.24. The summed E-state index contributed by atoms with van der Waals surface area (Å²) in [6.07, 6.45) is -3.33. The standard InChI is InChI=1S/C18H18F3N3O2S/c1-12(23-27(25,26)11-18(19,20)21)16-10-22-24(13(16)2)17-9-5-7-14-6-3-4-8-15(14)17/h3-10,12,23H,11H2,1-2H3. The molecule has 0 aliphatic heterocycles. The Kier molecular flexibility index (Phi) is 5.00. The molecule has 1 unspecified atom stereocenters. The molecule has 0 saturated heterocycles. The summed E-state index contributed by atoms with van der Waals surface area (Å²) >= 11 is 0. The predicted molar refractivity (Wildman–Crippen MR) is 97.2 cm³/mol. The van der Waals surface area contributed by atoms with Crippen molar-refractivity contribution in [2.24, 2.45) is 0 Å². The Hall–Kier alpha value is -2.39. The molecule has 0 aliphatic rings. The number of hydrogen-bond acceptors (Lipinski definition) is 3. The first-order chi connectivity index (χ1) is 12.6. The molecule has 9 heteroatoms. The molecule has 0 aliphatic carbocycles. The van der Waals surface area contributed by atoms with E-state index < -0.39 is 28.0 Å². The van der Waals surface area contributed by atoms with Crippen molar-refractivity contribution in [3.8, 4) is 5.69 Å². The Morgan fingerprint density at radius 2 is 1.81 bits per heavy atom. The second kappa shape index (κ2) is 6.97. The van der Waals surface area contributed by atoms with E-state index in [0.29, 0.717) is 11.3 Å². The van der Waals surface area contributed by atoms with E-state index in [1.165, 1.54) is 13.1 Å². The van der Waals surface area contributed by atoms with Gasteiger partial charge in [0.2, 0.25) is 10.0 Å². The number of fused-ring (bicyclic) bond motifs is 1. The molecule has 1 aromatic heterocycles. The van der Waals surface area contributed by atoms with Gasteiger partial charge in [-0.15, -0.1) is 0 Å². The first kappa shape index (κ1) is 19.4. The summed E-state index contributed by atoms with van der Waals surface area (Å²) < 4.78 is 64.5. The zero-order chi connectivity index (χ0) is 19.8. The number of sulfonamides is 1. The number of nitrogens with one attached hydrogen (secondary N) is 1. The Morgan fingerprint density at radius 1 is 1.15 bits per heavy atom. The second-order valence-electron chi connectivity index (χ2n) is 6.31. The third-order valence-electron chi connectivity index (χ3n) is 4.22. The van der Waals surface area contributed by atoms with Crippen LogP contribution < -0.4 is 4.72 Å². The minimum absolute atomic E-state index is 0.508. The molecule has 5 nitrogen and oxygen atoms in total. The van der Waals surface area contributed by atoms with Crippen molar-refractivity contribution in [3.05, 3.63) is 59.9 Å². The van der Waals surface area contributed by atoms with Crippen molar-refractivity contribution in [2.45, 2.75) is 26.1 Å². The van der Waals surface area contributed by atoms with Gasteiger partial charge in [0, 0.05) is 22.7 Å². The molecule has 1 heterocycles. The number of aromatic nitrogens is 2. The molecule has 27 heavy (non-hydrogen) atoms. The van der Waals surface area contributed by atoms with Crippen LogP contribution in [-0.2, 0) is 10.0 Å². The highest BCUT2D eigenvalue weighted by Gasteiger charge is 2.36. The molecular formula is C18H18F3N3O2S. The highest BCUT2D eigenvalue weighted by atomic mass is 32.2. The summed E-state index contributed by atoms with van der Waals surface area (Å²) in [5.41, 5.74) is 1.96. The van der Waals surface area contributed by atoms with Crippen molar-refractivity contribution in [3.63, 3.8) is 0 Å². The van der Waals surface area contributed by atoms with Gasteiger partial charge < -0.3 is 0 Å². The molecular weight excluding hydrogens is 379 g/mol. The Labute approximate surface area is 154 Å². The molecule has 0 bridgehead atoms. The monoisotopic (exact) mass is 397 g/mol. The van der Waals surface area contributed by atoms with Gasteiger partial charge in [0.05, 0.1) is 11.9 Å². The lowest BCUT2D eigenvalue weighted by Crippen LogP contribution is -2.35. The SMILES string of the molecule is Cc1c(C(C)NS(=O)(=O)CC(F)(F)F)cnn1-c1cccc2ccccc12. The van der Waals surface area contributed by atoms with Crippen molar-refractivity contribution in [2.75, 3.05) is 5.75 Å². The number of benzene rings is 2. The topological polar surface area (TPSA) is 64.0 Å². The lowest BCUT2D eigenvalue weighted by Gasteiger charge is -2.16. The highest BCUT2D eigenvalue weighted by Crippen LogP contribution is 2.26. The third-order valence-corrected chi connectivity index (χ3v) is 5.64. The molecule has 144 valence electrons. The lowest BCUT2D eigenvalue weighted by atomic mass is 10.1. The fraction of sp³-hybridized carbons (Fsp3) is 0.278. The number of nitrogens with zero attached hydrogens (tertiary/aromatic N) is 2. The third kappa shape index (κ3) is 4.30. The maximum Gasteiger partial charge on any atom is 0.404 e.